The molecular weight excluding hydrogens is 204 g/mol. The number of hydrogen-bond acceptors (Lipinski definition) is 3. The zero-order valence-electron chi connectivity index (χ0n) is 10.2. The first-order valence-corrected chi connectivity index (χ1v) is 5.57. The predicted octanol–water partition coefficient (Wildman–Crippen LogP) is 1.04. The molecule has 1 heterocycles. The third-order valence-corrected chi connectivity index (χ3v) is 2.46. The lowest BCUT2D eigenvalue weighted by Gasteiger charge is -2.13. The van der Waals surface area contributed by atoms with Crippen LogP contribution in [0, 0.1) is 6.92 Å². The van der Waals surface area contributed by atoms with Gasteiger partial charge in [-0.15, -0.1) is 0 Å². The molecule has 0 bridgehead atoms. The SMILES string of the molecule is Cc1ccc(CN)c(=O)n1CCOC(C)C. The molecule has 0 saturated heterocycles. The molecule has 1 aromatic heterocycles. The Morgan fingerprint density at radius 2 is 2.12 bits per heavy atom. The summed E-state index contributed by atoms with van der Waals surface area (Å²) >= 11 is 0. The standard InChI is InChI=1S/C12H20N2O2/c1-9(2)16-7-6-14-10(3)4-5-11(8-13)12(14)15/h4-5,9H,6-8,13H2,1-3H3. The van der Waals surface area contributed by atoms with Crippen LogP contribution in [0.25, 0.3) is 0 Å². The van der Waals surface area contributed by atoms with E-state index in [0.29, 0.717) is 18.7 Å². The summed E-state index contributed by atoms with van der Waals surface area (Å²) in [6.07, 6.45) is 0.189. The molecule has 0 radical (unpaired) electrons. The number of nitrogens with zero attached hydrogens (tertiary/aromatic N) is 1. The van der Waals surface area contributed by atoms with Gasteiger partial charge in [0.2, 0.25) is 0 Å². The van der Waals surface area contributed by atoms with Gasteiger partial charge in [-0.05, 0) is 26.8 Å². The number of aromatic nitrogens is 1. The summed E-state index contributed by atoms with van der Waals surface area (Å²) in [7, 11) is 0. The van der Waals surface area contributed by atoms with Gasteiger partial charge in [-0.3, -0.25) is 4.79 Å². The van der Waals surface area contributed by atoms with Crippen molar-refractivity contribution >= 4 is 0 Å². The van der Waals surface area contributed by atoms with Crippen LogP contribution in [0.15, 0.2) is 16.9 Å². The van der Waals surface area contributed by atoms with Crippen LogP contribution in [-0.4, -0.2) is 17.3 Å². The van der Waals surface area contributed by atoms with Gasteiger partial charge in [0.15, 0.2) is 0 Å². The van der Waals surface area contributed by atoms with Gasteiger partial charge in [0.1, 0.15) is 0 Å². The summed E-state index contributed by atoms with van der Waals surface area (Å²) < 4.78 is 7.15. The largest absolute Gasteiger partial charge is 0.377 e. The Balaban J connectivity index is 2.82. The Hall–Kier alpha value is -1.13. The first kappa shape index (κ1) is 12.9. The molecule has 0 amide bonds. The normalized spacial score (nSPS) is 11.1. The van der Waals surface area contributed by atoms with Crippen molar-refractivity contribution in [2.75, 3.05) is 6.61 Å². The zero-order valence-corrected chi connectivity index (χ0v) is 10.2. The van der Waals surface area contributed by atoms with E-state index in [1.165, 1.54) is 0 Å². The maximum absolute atomic E-state index is 11.9. The Morgan fingerprint density at radius 1 is 1.44 bits per heavy atom. The van der Waals surface area contributed by atoms with Gasteiger partial charge in [-0.2, -0.15) is 0 Å². The van der Waals surface area contributed by atoms with Crippen LogP contribution in [0.3, 0.4) is 0 Å². The molecule has 0 fully saturated rings. The van der Waals surface area contributed by atoms with E-state index in [0.717, 1.165) is 5.69 Å². The summed E-state index contributed by atoms with van der Waals surface area (Å²) in [6.45, 7) is 7.28. The van der Waals surface area contributed by atoms with Gasteiger partial charge in [0.25, 0.3) is 5.56 Å². The molecule has 2 N–H and O–H groups in total. The monoisotopic (exact) mass is 224 g/mol. The minimum Gasteiger partial charge on any atom is -0.377 e. The maximum Gasteiger partial charge on any atom is 0.255 e. The highest BCUT2D eigenvalue weighted by molar-refractivity contribution is 5.15. The van der Waals surface area contributed by atoms with Crippen molar-refractivity contribution in [3.05, 3.63) is 33.7 Å². The summed E-state index contributed by atoms with van der Waals surface area (Å²) in [4.78, 5) is 11.9. The van der Waals surface area contributed by atoms with Crippen molar-refractivity contribution in [1.29, 1.82) is 0 Å². The number of aryl methyl sites for hydroxylation is 1. The Bertz CT molecular complexity index is 396. The van der Waals surface area contributed by atoms with E-state index < -0.39 is 0 Å². The number of ether oxygens (including phenoxy) is 1. The van der Waals surface area contributed by atoms with Gasteiger partial charge < -0.3 is 15.0 Å². The average molecular weight is 224 g/mol. The van der Waals surface area contributed by atoms with Crippen molar-refractivity contribution in [2.45, 2.75) is 40.0 Å². The van der Waals surface area contributed by atoms with Crippen LogP contribution in [0.4, 0.5) is 0 Å². The summed E-state index contributed by atoms with van der Waals surface area (Å²) in [5, 5.41) is 0. The molecule has 0 aliphatic heterocycles. The van der Waals surface area contributed by atoms with Gasteiger partial charge in [-0.25, -0.2) is 0 Å². The summed E-state index contributed by atoms with van der Waals surface area (Å²) in [5.41, 5.74) is 7.08. The second-order valence-electron chi connectivity index (χ2n) is 4.08. The van der Waals surface area contributed by atoms with Crippen LogP contribution >= 0.6 is 0 Å². The average Bonchev–Trinajstić information content (AvgIpc) is 2.23. The fraction of sp³-hybridized carbons (Fsp3) is 0.583. The number of hydrogen-bond donors (Lipinski definition) is 1. The third kappa shape index (κ3) is 3.18. The highest BCUT2D eigenvalue weighted by Crippen LogP contribution is 1.99. The molecule has 1 aromatic rings. The smallest absolute Gasteiger partial charge is 0.255 e. The molecular formula is C12H20N2O2. The van der Waals surface area contributed by atoms with E-state index in [1.807, 2.05) is 26.8 Å². The minimum absolute atomic E-state index is 0.00476. The molecule has 4 nitrogen and oxygen atoms in total. The Labute approximate surface area is 96.0 Å². The summed E-state index contributed by atoms with van der Waals surface area (Å²) in [5.74, 6) is 0. The van der Waals surface area contributed by atoms with E-state index in [9.17, 15) is 4.79 Å². The molecule has 4 heteroatoms. The van der Waals surface area contributed by atoms with Crippen molar-refractivity contribution in [2.24, 2.45) is 5.73 Å². The molecule has 90 valence electrons. The first-order chi connectivity index (χ1) is 7.56. The molecule has 16 heavy (non-hydrogen) atoms. The van der Waals surface area contributed by atoms with Crippen molar-refractivity contribution in [1.82, 2.24) is 4.57 Å². The van der Waals surface area contributed by atoms with Crippen LogP contribution in [0.2, 0.25) is 0 Å². The molecule has 0 aromatic carbocycles. The Morgan fingerprint density at radius 3 is 2.69 bits per heavy atom. The zero-order chi connectivity index (χ0) is 12.1. The fourth-order valence-corrected chi connectivity index (χ4v) is 1.53. The lowest BCUT2D eigenvalue weighted by Crippen LogP contribution is -2.28. The van der Waals surface area contributed by atoms with Gasteiger partial charge in [0.05, 0.1) is 12.7 Å². The molecule has 1 rings (SSSR count). The second-order valence-corrected chi connectivity index (χ2v) is 4.08. The van der Waals surface area contributed by atoms with Crippen molar-refractivity contribution in [3.63, 3.8) is 0 Å². The fourth-order valence-electron chi connectivity index (χ4n) is 1.53. The number of pyridine rings is 1. The number of rotatable bonds is 5. The minimum atomic E-state index is -0.00476. The lowest BCUT2D eigenvalue weighted by atomic mass is 10.2. The molecule has 0 saturated carbocycles. The van der Waals surface area contributed by atoms with E-state index in [1.54, 1.807) is 10.6 Å². The summed E-state index contributed by atoms with van der Waals surface area (Å²) in [6, 6.07) is 3.70. The predicted molar refractivity (Wildman–Crippen MR) is 64.4 cm³/mol. The Kier molecular flexibility index (Phi) is 4.71. The van der Waals surface area contributed by atoms with Crippen LogP contribution in [-0.2, 0) is 17.8 Å². The van der Waals surface area contributed by atoms with E-state index in [2.05, 4.69) is 0 Å². The van der Waals surface area contributed by atoms with Gasteiger partial charge in [0, 0.05) is 24.3 Å². The highest BCUT2D eigenvalue weighted by Gasteiger charge is 2.05. The lowest BCUT2D eigenvalue weighted by molar-refractivity contribution is 0.0719. The molecule has 0 unspecified atom stereocenters. The van der Waals surface area contributed by atoms with Gasteiger partial charge >= 0.3 is 0 Å². The highest BCUT2D eigenvalue weighted by atomic mass is 16.5. The first-order valence-electron chi connectivity index (χ1n) is 5.57. The van der Waals surface area contributed by atoms with Crippen LogP contribution in [0.5, 0.6) is 0 Å². The van der Waals surface area contributed by atoms with Crippen molar-refractivity contribution < 1.29 is 4.74 Å². The van der Waals surface area contributed by atoms with Gasteiger partial charge in [-0.1, -0.05) is 6.07 Å². The third-order valence-electron chi connectivity index (χ3n) is 2.46. The molecule has 0 aliphatic rings. The second kappa shape index (κ2) is 5.82. The maximum atomic E-state index is 11.9. The van der Waals surface area contributed by atoms with Crippen molar-refractivity contribution in [3.8, 4) is 0 Å². The van der Waals surface area contributed by atoms with Crippen LogP contribution < -0.4 is 11.3 Å². The molecule has 0 spiro atoms. The molecule has 0 atom stereocenters. The molecule has 0 aliphatic carbocycles. The quantitative estimate of drug-likeness (QED) is 0.813. The van der Waals surface area contributed by atoms with E-state index in [-0.39, 0.29) is 18.2 Å². The van der Waals surface area contributed by atoms with E-state index >= 15 is 0 Å². The van der Waals surface area contributed by atoms with Crippen LogP contribution in [0.1, 0.15) is 25.1 Å². The van der Waals surface area contributed by atoms with E-state index in [4.69, 9.17) is 10.5 Å². The number of nitrogens with two attached hydrogens (primary N) is 1. The topological polar surface area (TPSA) is 57.2 Å².